The molecule has 0 N–H and O–H groups in total. The fourth-order valence-corrected chi connectivity index (χ4v) is 3.09. The lowest BCUT2D eigenvalue weighted by atomic mass is 10.2. The number of hydrogen-bond donors (Lipinski definition) is 0. The van der Waals surface area contributed by atoms with E-state index in [4.69, 9.17) is 0 Å². The summed E-state index contributed by atoms with van der Waals surface area (Å²) < 4.78 is 25.6. The van der Waals surface area contributed by atoms with Crippen LogP contribution in [0.5, 0.6) is 0 Å². The van der Waals surface area contributed by atoms with Crippen LogP contribution in [-0.4, -0.2) is 23.5 Å². The van der Waals surface area contributed by atoms with Crippen LogP contribution in [0.2, 0.25) is 0 Å². The molecular weight excluding hydrogens is 258 g/mol. The molecule has 0 aliphatic carbocycles. The van der Waals surface area contributed by atoms with Crippen LogP contribution < -0.4 is 0 Å². The van der Waals surface area contributed by atoms with E-state index in [1.165, 1.54) is 5.56 Å². The molecule has 1 aromatic carbocycles. The second-order valence-corrected chi connectivity index (χ2v) is 8.87. The van der Waals surface area contributed by atoms with Gasteiger partial charge in [-0.2, -0.15) is 0 Å². The minimum absolute atomic E-state index is 0.175. The molecule has 19 heavy (non-hydrogen) atoms. The van der Waals surface area contributed by atoms with Gasteiger partial charge in [0.2, 0.25) is 0 Å². The molecule has 0 unspecified atom stereocenters. The Morgan fingerprint density at radius 1 is 1.16 bits per heavy atom. The summed E-state index contributed by atoms with van der Waals surface area (Å²) in [6.45, 7) is 7.81. The number of fused-ring (bicyclic) bond motifs is 1. The Bertz CT molecular complexity index is 690. The fourth-order valence-electron chi connectivity index (χ4n) is 2.04. The van der Waals surface area contributed by atoms with Crippen LogP contribution in [0.1, 0.15) is 26.3 Å². The van der Waals surface area contributed by atoms with E-state index in [1.54, 1.807) is 20.8 Å². The van der Waals surface area contributed by atoms with Crippen LogP contribution in [0.25, 0.3) is 10.9 Å². The smallest absolute Gasteiger partial charge is 0.156 e. The molecule has 0 fully saturated rings. The standard InChI is InChI=1S/C15H21NO2S/c1-12-5-6-14-13(11-12)7-8-16(14)9-10-19(17,18)15(2,3)4/h5-8,11H,9-10H2,1-4H3. The fraction of sp³-hybridized carbons (Fsp3) is 0.467. The molecule has 2 aromatic rings. The lowest BCUT2D eigenvalue weighted by Crippen LogP contribution is -2.31. The zero-order valence-corrected chi connectivity index (χ0v) is 12.8. The number of rotatable bonds is 3. The highest BCUT2D eigenvalue weighted by molar-refractivity contribution is 7.92. The van der Waals surface area contributed by atoms with E-state index >= 15 is 0 Å². The van der Waals surface area contributed by atoms with Crippen molar-refractivity contribution in [2.45, 2.75) is 39.0 Å². The van der Waals surface area contributed by atoms with Crippen molar-refractivity contribution in [1.29, 1.82) is 0 Å². The van der Waals surface area contributed by atoms with Crippen molar-refractivity contribution >= 4 is 20.7 Å². The van der Waals surface area contributed by atoms with Gasteiger partial charge in [0.25, 0.3) is 0 Å². The third-order valence-corrected chi connectivity index (χ3v) is 6.05. The summed E-state index contributed by atoms with van der Waals surface area (Å²) in [5.74, 6) is 0.175. The summed E-state index contributed by atoms with van der Waals surface area (Å²) in [6, 6.07) is 8.25. The first-order valence-corrected chi connectivity index (χ1v) is 8.14. The highest BCUT2D eigenvalue weighted by atomic mass is 32.2. The van der Waals surface area contributed by atoms with Crippen molar-refractivity contribution in [3.05, 3.63) is 36.0 Å². The molecule has 0 amide bonds. The van der Waals surface area contributed by atoms with E-state index in [0.717, 1.165) is 10.9 Å². The van der Waals surface area contributed by atoms with Gasteiger partial charge in [-0.05, 0) is 51.3 Å². The molecule has 0 aliphatic heterocycles. The summed E-state index contributed by atoms with van der Waals surface area (Å²) in [4.78, 5) is 0. The van der Waals surface area contributed by atoms with Crippen molar-refractivity contribution in [2.75, 3.05) is 5.75 Å². The molecule has 0 saturated heterocycles. The van der Waals surface area contributed by atoms with Gasteiger partial charge in [0.05, 0.1) is 10.5 Å². The summed E-state index contributed by atoms with van der Waals surface area (Å²) in [6.07, 6.45) is 1.96. The van der Waals surface area contributed by atoms with Gasteiger partial charge in [-0.1, -0.05) is 11.6 Å². The molecule has 0 aliphatic rings. The SMILES string of the molecule is Cc1ccc2c(ccn2CCS(=O)(=O)C(C)(C)C)c1. The quantitative estimate of drug-likeness (QED) is 0.865. The van der Waals surface area contributed by atoms with E-state index in [1.807, 2.05) is 22.9 Å². The van der Waals surface area contributed by atoms with Crippen LogP contribution in [0, 0.1) is 6.92 Å². The lowest BCUT2D eigenvalue weighted by Gasteiger charge is -2.19. The van der Waals surface area contributed by atoms with E-state index in [2.05, 4.69) is 19.1 Å². The van der Waals surface area contributed by atoms with Crippen LogP contribution in [0.4, 0.5) is 0 Å². The van der Waals surface area contributed by atoms with Crippen molar-refractivity contribution in [3.63, 3.8) is 0 Å². The average molecular weight is 279 g/mol. The van der Waals surface area contributed by atoms with Crippen molar-refractivity contribution in [3.8, 4) is 0 Å². The number of sulfone groups is 1. The third kappa shape index (κ3) is 2.84. The summed E-state index contributed by atoms with van der Waals surface area (Å²) in [5, 5.41) is 1.16. The summed E-state index contributed by atoms with van der Waals surface area (Å²) in [7, 11) is -3.07. The zero-order chi connectivity index (χ0) is 14.3. The second-order valence-electron chi connectivity index (χ2n) is 6.00. The highest BCUT2D eigenvalue weighted by Crippen LogP contribution is 2.20. The molecule has 0 radical (unpaired) electrons. The maximum absolute atomic E-state index is 12.1. The molecule has 0 saturated carbocycles. The molecule has 0 spiro atoms. The molecule has 4 heteroatoms. The summed E-state index contributed by atoms with van der Waals surface area (Å²) >= 11 is 0. The van der Waals surface area contributed by atoms with Crippen LogP contribution in [0.15, 0.2) is 30.5 Å². The maximum Gasteiger partial charge on any atom is 0.156 e. The Kier molecular flexibility index (Phi) is 3.47. The number of nitrogens with zero attached hydrogens (tertiary/aromatic N) is 1. The number of hydrogen-bond acceptors (Lipinski definition) is 2. The number of aromatic nitrogens is 1. The lowest BCUT2D eigenvalue weighted by molar-refractivity contribution is 0.555. The van der Waals surface area contributed by atoms with Gasteiger partial charge in [-0.15, -0.1) is 0 Å². The van der Waals surface area contributed by atoms with Crippen molar-refractivity contribution in [2.24, 2.45) is 0 Å². The first kappa shape index (κ1) is 14.1. The monoisotopic (exact) mass is 279 g/mol. The molecular formula is C15H21NO2S. The van der Waals surface area contributed by atoms with E-state index in [-0.39, 0.29) is 5.75 Å². The third-order valence-electron chi connectivity index (χ3n) is 3.46. The Morgan fingerprint density at radius 2 is 1.84 bits per heavy atom. The molecule has 104 valence electrons. The maximum atomic E-state index is 12.1. The van der Waals surface area contributed by atoms with Gasteiger partial charge < -0.3 is 4.57 Å². The number of aryl methyl sites for hydroxylation is 2. The predicted octanol–water partition coefficient (Wildman–Crippen LogP) is 3.16. The van der Waals surface area contributed by atoms with Gasteiger partial charge in [-0.3, -0.25) is 0 Å². The Labute approximate surface area is 115 Å². The molecule has 0 bridgehead atoms. The normalized spacial score (nSPS) is 13.1. The van der Waals surface area contributed by atoms with Crippen molar-refractivity contribution < 1.29 is 8.42 Å². The highest BCUT2D eigenvalue weighted by Gasteiger charge is 2.28. The minimum atomic E-state index is -3.07. The van der Waals surface area contributed by atoms with Crippen LogP contribution in [-0.2, 0) is 16.4 Å². The van der Waals surface area contributed by atoms with Gasteiger partial charge in [0.1, 0.15) is 0 Å². The topological polar surface area (TPSA) is 39.1 Å². The Balaban J connectivity index is 2.24. The Morgan fingerprint density at radius 3 is 2.47 bits per heavy atom. The predicted molar refractivity (Wildman–Crippen MR) is 80.2 cm³/mol. The largest absolute Gasteiger partial charge is 0.346 e. The van der Waals surface area contributed by atoms with E-state index in [0.29, 0.717) is 6.54 Å². The van der Waals surface area contributed by atoms with Gasteiger partial charge in [0, 0.05) is 18.3 Å². The van der Waals surface area contributed by atoms with Crippen LogP contribution in [0.3, 0.4) is 0 Å². The first-order chi connectivity index (χ1) is 8.71. The molecule has 0 atom stereocenters. The van der Waals surface area contributed by atoms with E-state index < -0.39 is 14.6 Å². The van der Waals surface area contributed by atoms with Gasteiger partial charge >= 0.3 is 0 Å². The number of benzene rings is 1. The van der Waals surface area contributed by atoms with Gasteiger partial charge in [0.15, 0.2) is 9.84 Å². The second kappa shape index (κ2) is 4.67. The van der Waals surface area contributed by atoms with Gasteiger partial charge in [-0.25, -0.2) is 8.42 Å². The van der Waals surface area contributed by atoms with Crippen molar-refractivity contribution in [1.82, 2.24) is 4.57 Å². The summed E-state index contributed by atoms with van der Waals surface area (Å²) in [5.41, 5.74) is 2.31. The zero-order valence-electron chi connectivity index (χ0n) is 12.0. The molecule has 1 aromatic heterocycles. The Hall–Kier alpha value is -1.29. The molecule has 2 rings (SSSR count). The van der Waals surface area contributed by atoms with E-state index in [9.17, 15) is 8.42 Å². The van der Waals surface area contributed by atoms with Crippen LogP contribution >= 0.6 is 0 Å². The molecule has 1 heterocycles. The first-order valence-electron chi connectivity index (χ1n) is 6.48. The average Bonchev–Trinajstić information content (AvgIpc) is 2.67. The molecule has 3 nitrogen and oxygen atoms in total. The minimum Gasteiger partial charge on any atom is -0.346 e.